The monoisotopic (exact) mass is 399 g/mol. The molecule has 0 spiro atoms. The van der Waals surface area contributed by atoms with Gasteiger partial charge in [-0.05, 0) is 43.2 Å². The number of hydrogen-bond acceptors (Lipinski definition) is 5. The fourth-order valence-electron chi connectivity index (χ4n) is 4.03. The number of aliphatic hydroxyl groups excluding tert-OH is 1. The zero-order valence-corrected chi connectivity index (χ0v) is 18.2. The van der Waals surface area contributed by atoms with Crippen LogP contribution in [0, 0.1) is 11.3 Å². The highest BCUT2D eigenvalue weighted by Crippen LogP contribution is 2.38. The van der Waals surface area contributed by atoms with E-state index in [0.717, 1.165) is 48.3 Å². The number of benzene rings is 1. The van der Waals surface area contributed by atoms with Gasteiger partial charge in [0.15, 0.2) is 0 Å². The summed E-state index contributed by atoms with van der Waals surface area (Å²) >= 11 is 0. The number of ether oxygens (including phenoxy) is 1. The number of carbonyl (C=O) groups excluding carboxylic acids is 1. The average molecular weight is 400 g/mol. The summed E-state index contributed by atoms with van der Waals surface area (Å²) in [6.07, 6.45) is 3.92. The number of piperidine rings is 1. The molecule has 29 heavy (non-hydrogen) atoms. The Morgan fingerprint density at radius 3 is 2.59 bits per heavy atom. The summed E-state index contributed by atoms with van der Waals surface area (Å²) in [5.41, 5.74) is 2.74. The maximum Gasteiger partial charge on any atom is 0.253 e. The first-order valence-electron chi connectivity index (χ1n) is 10.4. The molecule has 1 saturated heterocycles. The maximum atomic E-state index is 12.4. The molecule has 1 fully saturated rings. The van der Waals surface area contributed by atoms with E-state index < -0.39 is 0 Å². The van der Waals surface area contributed by atoms with Crippen molar-refractivity contribution in [2.45, 2.75) is 46.6 Å². The summed E-state index contributed by atoms with van der Waals surface area (Å²) in [5, 5.41) is 12.8. The third-order valence-corrected chi connectivity index (χ3v) is 5.95. The van der Waals surface area contributed by atoms with Gasteiger partial charge < -0.3 is 20.1 Å². The summed E-state index contributed by atoms with van der Waals surface area (Å²) in [6, 6.07) is 5.50. The van der Waals surface area contributed by atoms with E-state index >= 15 is 0 Å². The molecule has 0 bridgehead atoms. The van der Waals surface area contributed by atoms with E-state index in [1.54, 1.807) is 20.2 Å². The van der Waals surface area contributed by atoms with E-state index in [0.29, 0.717) is 16.9 Å². The Morgan fingerprint density at radius 2 is 2.00 bits per heavy atom. The van der Waals surface area contributed by atoms with Gasteiger partial charge in [0.1, 0.15) is 5.75 Å². The fraction of sp³-hybridized carbons (Fsp3) is 0.565. The lowest BCUT2D eigenvalue weighted by molar-refractivity contribution is 0.0922. The number of pyridine rings is 1. The molecule has 1 aromatic carbocycles. The van der Waals surface area contributed by atoms with Gasteiger partial charge in [0.2, 0.25) is 0 Å². The predicted molar refractivity (Wildman–Crippen MR) is 117 cm³/mol. The van der Waals surface area contributed by atoms with Gasteiger partial charge in [0.05, 0.1) is 30.5 Å². The van der Waals surface area contributed by atoms with E-state index in [1.807, 2.05) is 18.2 Å². The Labute approximate surface area is 173 Å². The van der Waals surface area contributed by atoms with Crippen LogP contribution in [0.15, 0.2) is 24.4 Å². The molecule has 3 rings (SSSR count). The van der Waals surface area contributed by atoms with Crippen molar-refractivity contribution in [3.63, 3.8) is 0 Å². The van der Waals surface area contributed by atoms with Crippen LogP contribution in [0.1, 0.15) is 50.9 Å². The molecule has 0 aliphatic carbocycles. The topological polar surface area (TPSA) is 74.7 Å². The molecule has 1 aliphatic heterocycles. The summed E-state index contributed by atoms with van der Waals surface area (Å²) in [4.78, 5) is 19.4. The third-order valence-electron chi connectivity index (χ3n) is 5.95. The molecule has 158 valence electrons. The van der Waals surface area contributed by atoms with Crippen molar-refractivity contribution >= 4 is 22.5 Å². The van der Waals surface area contributed by atoms with Crippen molar-refractivity contribution in [1.29, 1.82) is 0 Å². The van der Waals surface area contributed by atoms with Crippen molar-refractivity contribution in [3.05, 3.63) is 30.0 Å². The van der Waals surface area contributed by atoms with Crippen LogP contribution in [0.25, 0.3) is 10.9 Å². The number of methoxy groups -OCH3 is 1. The van der Waals surface area contributed by atoms with E-state index in [-0.39, 0.29) is 18.6 Å². The number of fused-ring (bicyclic) bond motifs is 1. The Morgan fingerprint density at radius 1 is 1.31 bits per heavy atom. The maximum absolute atomic E-state index is 12.4. The van der Waals surface area contributed by atoms with Gasteiger partial charge in [-0.1, -0.05) is 20.8 Å². The number of rotatable bonds is 5. The molecule has 0 unspecified atom stereocenters. The third kappa shape index (κ3) is 4.81. The quantitative estimate of drug-likeness (QED) is 0.803. The second-order valence-electron chi connectivity index (χ2n) is 9.13. The number of aliphatic hydroxyl groups is 1. The Bertz CT molecular complexity index is 868. The zero-order chi connectivity index (χ0) is 21.2. The van der Waals surface area contributed by atoms with Crippen LogP contribution in [0.3, 0.4) is 0 Å². The van der Waals surface area contributed by atoms with Crippen molar-refractivity contribution in [2.24, 2.45) is 11.3 Å². The van der Waals surface area contributed by atoms with E-state index in [4.69, 9.17) is 9.84 Å². The van der Waals surface area contributed by atoms with Crippen LogP contribution in [-0.2, 0) is 0 Å². The van der Waals surface area contributed by atoms with Crippen LogP contribution < -0.4 is 15.0 Å². The molecule has 1 aliphatic rings. The highest BCUT2D eigenvalue weighted by atomic mass is 16.5. The van der Waals surface area contributed by atoms with Crippen molar-refractivity contribution in [3.8, 4) is 5.75 Å². The second-order valence-corrected chi connectivity index (χ2v) is 9.13. The number of anilines is 1. The van der Waals surface area contributed by atoms with Gasteiger partial charge in [-0.2, -0.15) is 0 Å². The van der Waals surface area contributed by atoms with Gasteiger partial charge in [-0.3, -0.25) is 9.78 Å². The van der Waals surface area contributed by atoms with Gasteiger partial charge in [-0.15, -0.1) is 0 Å². The summed E-state index contributed by atoms with van der Waals surface area (Å²) in [7, 11) is 1.66. The van der Waals surface area contributed by atoms with E-state index in [2.05, 4.69) is 36.0 Å². The Hall–Kier alpha value is -2.34. The van der Waals surface area contributed by atoms with Crippen molar-refractivity contribution in [2.75, 3.05) is 31.7 Å². The smallest absolute Gasteiger partial charge is 0.253 e. The van der Waals surface area contributed by atoms with Crippen LogP contribution in [0.2, 0.25) is 0 Å². The minimum atomic E-state index is -0.303. The van der Waals surface area contributed by atoms with E-state index in [1.165, 1.54) is 0 Å². The first-order chi connectivity index (χ1) is 13.7. The zero-order valence-electron chi connectivity index (χ0n) is 18.2. The molecule has 1 aromatic heterocycles. The SMILES string of the molecule is COc1cc(N2CCC(C(C)(C)C)CC2)c2ncc(C(=O)N[C@H](C)CO)cc2c1. The minimum Gasteiger partial charge on any atom is -0.497 e. The van der Waals surface area contributed by atoms with Gasteiger partial charge in [0.25, 0.3) is 5.91 Å². The normalized spacial score (nSPS) is 16.7. The Balaban J connectivity index is 1.91. The van der Waals surface area contributed by atoms with Crippen LogP contribution in [0.4, 0.5) is 5.69 Å². The highest BCUT2D eigenvalue weighted by molar-refractivity contribution is 6.00. The molecule has 2 N–H and O–H groups in total. The second kappa shape index (κ2) is 8.57. The number of nitrogens with one attached hydrogen (secondary N) is 1. The molecular weight excluding hydrogens is 366 g/mol. The summed E-state index contributed by atoms with van der Waals surface area (Å²) in [5.74, 6) is 1.23. The number of nitrogens with zero attached hydrogens (tertiary/aromatic N) is 2. The minimum absolute atomic E-state index is 0.102. The van der Waals surface area contributed by atoms with Gasteiger partial charge in [0, 0.05) is 36.8 Å². The Kier molecular flexibility index (Phi) is 6.32. The summed E-state index contributed by atoms with van der Waals surface area (Å²) < 4.78 is 5.52. The number of carbonyl (C=O) groups is 1. The molecule has 2 heterocycles. The molecular formula is C23H33N3O3. The standard InChI is InChI=1S/C23H33N3O3/c1-15(14-27)25-22(28)17-10-16-11-19(29-5)12-20(21(16)24-13-17)26-8-6-18(7-9-26)23(2,3)4/h10-13,15,18,27H,6-9,14H2,1-5H3,(H,25,28)/t15-/m1/s1. The first kappa shape index (κ1) is 21.4. The lowest BCUT2D eigenvalue weighted by Gasteiger charge is -2.40. The molecule has 6 nitrogen and oxygen atoms in total. The van der Waals surface area contributed by atoms with Gasteiger partial charge in [-0.25, -0.2) is 0 Å². The first-order valence-corrected chi connectivity index (χ1v) is 10.4. The lowest BCUT2D eigenvalue weighted by Crippen LogP contribution is -2.38. The van der Waals surface area contributed by atoms with Crippen LogP contribution >= 0.6 is 0 Å². The number of amides is 1. The lowest BCUT2D eigenvalue weighted by atomic mass is 9.75. The highest BCUT2D eigenvalue weighted by Gasteiger charge is 2.29. The molecule has 0 saturated carbocycles. The van der Waals surface area contributed by atoms with Gasteiger partial charge >= 0.3 is 0 Å². The summed E-state index contributed by atoms with van der Waals surface area (Å²) in [6.45, 7) is 10.6. The molecule has 6 heteroatoms. The number of aromatic nitrogens is 1. The molecule has 0 radical (unpaired) electrons. The average Bonchev–Trinajstić information content (AvgIpc) is 2.71. The van der Waals surface area contributed by atoms with Crippen LogP contribution in [-0.4, -0.2) is 48.8 Å². The molecule has 1 amide bonds. The van der Waals surface area contributed by atoms with E-state index in [9.17, 15) is 4.79 Å². The predicted octanol–water partition coefficient (Wildman–Crippen LogP) is 3.62. The van der Waals surface area contributed by atoms with Crippen molar-refractivity contribution < 1.29 is 14.6 Å². The fourth-order valence-corrected chi connectivity index (χ4v) is 4.03. The largest absolute Gasteiger partial charge is 0.497 e. The van der Waals surface area contributed by atoms with Crippen LogP contribution in [0.5, 0.6) is 5.75 Å². The number of hydrogen-bond donors (Lipinski definition) is 2. The van der Waals surface area contributed by atoms with Crippen molar-refractivity contribution in [1.82, 2.24) is 10.3 Å². The molecule has 1 atom stereocenters. The molecule has 2 aromatic rings.